The SMILES string of the molecule is COC(=O)C(C1CC1)N1CCCC2(C1)OCCO2. The zero-order valence-corrected chi connectivity index (χ0v) is 10.9. The zero-order valence-electron chi connectivity index (χ0n) is 10.9. The monoisotopic (exact) mass is 255 g/mol. The van der Waals surface area contributed by atoms with Crippen molar-refractivity contribution < 1.29 is 19.0 Å². The summed E-state index contributed by atoms with van der Waals surface area (Å²) in [6.07, 6.45) is 4.21. The molecule has 0 amide bonds. The summed E-state index contributed by atoms with van der Waals surface area (Å²) in [7, 11) is 1.47. The molecule has 1 atom stereocenters. The third-order valence-corrected chi connectivity index (χ3v) is 4.17. The Kier molecular flexibility index (Phi) is 3.30. The lowest BCUT2D eigenvalue weighted by Crippen LogP contribution is -2.55. The molecule has 5 heteroatoms. The summed E-state index contributed by atoms with van der Waals surface area (Å²) in [5, 5.41) is 0. The second-order valence-electron chi connectivity index (χ2n) is 5.49. The third-order valence-electron chi connectivity index (χ3n) is 4.17. The zero-order chi connectivity index (χ0) is 12.6. The number of hydrogen-bond acceptors (Lipinski definition) is 5. The molecule has 2 heterocycles. The van der Waals surface area contributed by atoms with Gasteiger partial charge in [0.1, 0.15) is 6.04 Å². The number of carbonyl (C=O) groups is 1. The van der Waals surface area contributed by atoms with Crippen LogP contribution in [0.2, 0.25) is 0 Å². The maximum atomic E-state index is 12.0. The Hall–Kier alpha value is -0.650. The van der Waals surface area contributed by atoms with Gasteiger partial charge in [-0.1, -0.05) is 0 Å². The number of likely N-dealkylation sites (tertiary alicyclic amines) is 1. The van der Waals surface area contributed by atoms with E-state index in [1.807, 2.05) is 0 Å². The highest BCUT2D eigenvalue weighted by molar-refractivity contribution is 5.76. The molecule has 1 saturated carbocycles. The molecule has 3 aliphatic rings. The number of piperidine rings is 1. The molecule has 3 fully saturated rings. The molecule has 0 bridgehead atoms. The topological polar surface area (TPSA) is 48.0 Å². The number of ether oxygens (including phenoxy) is 3. The fourth-order valence-corrected chi connectivity index (χ4v) is 3.16. The van der Waals surface area contributed by atoms with Crippen LogP contribution in [0.25, 0.3) is 0 Å². The fraction of sp³-hybridized carbons (Fsp3) is 0.923. The van der Waals surface area contributed by atoms with Gasteiger partial charge in [-0.2, -0.15) is 0 Å². The van der Waals surface area contributed by atoms with Crippen LogP contribution < -0.4 is 0 Å². The Balaban J connectivity index is 1.71. The van der Waals surface area contributed by atoms with Crippen LogP contribution in [0.1, 0.15) is 25.7 Å². The number of hydrogen-bond donors (Lipinski definition) is 0. The Morgan fingerprint density at radius 1 is 1.39 bits per heavy atom. The smallest absolute Gasteiger partial charge is 0.323 e. The highest BCUT2D eigenvalue weighted by Crippen LogP contribution is 2.39. The summed E-state index contributed by atoms with van der Waals surface area (Å²) < 4.78 is 16.5. The molecular formula is C13H21NO4. The lowest BCUT2D eigenvalue weighted by atomic mass is 10.0. The van der Waals surface area contributed by atoms with E-state index in [0.29, 0.717) is 25.7 Å². The Morgan fingerprint density at radius 2 is 2.11 bits per heavy atom. The maximum absolute atomic E-state index is 12.0. The van der Waals surface area contributed by atoms with Crippen molar-refractivity contribution in [3.63, 3.8) is 0 Å². The first-order valence-corrected chi connectivity index (χ1v) is 6.84. The van der Waals surface area contributed by atoms with Crippen LogP contribution in [-0.2, 0) is 19.0 Å². The number of methoxy groups -OCH3 is 1. The lowest BCUT2D eigenvalue weighted by molar-refractivity contribution is -0.197. The minimum absolute atomic E-state index is 0.0972. The number of rotatable bonds is 3. The van der Waals surface area contributed by atoms with Crippen LogP contribution in [0, 0.1) is 5.92 Å². The van der Waals surface area contributed by atoms with Crippen molar-refractivity contribution >= 4 is 5.97 Å². The van der Waals surface area contributed by atoms with Gasteiger partial charge >= 0.3 is 5.97 Å². The van der Waals surface area contributed by atoms with E-state index in [9.17, 15) is 4.79 Å². The van der Waals surface area contributed by atoms with E-state index in [2.05, 4.69) is 4.90 Å². The number of carbonyl (C=O) groups excluding carboxylic acids is 1. The molecule has 0 radical (unpaired) electrons. The molecule has 2 aliphatic heterocycles. The highest BCUT2D eigenvalue weighted by Gasteiger charge is 2.47. The van der Waals surface area contributed by atoms with Gasteiger partial charge in [0.15, 0.2) is 5.79 Å². The molecule has 0 aromatic heterocycles. The quantitative estimate of drug-likeness (QED) is 0.697. The summed E-state index contributed by atoms with van der Waals surface area (Å²) in [6, 6.07) is -0.0972. The molecule has 1 unspecified atom stereocenters. The van der Waals surface area contributed by atoms with Crippen LogP contribution in [0.4, 0.5) is 0 Å². The maximum Gasteiger partial charge on any atom is 0.323 e. The average Bonchev–Trinajstić information content (AvgIpc) is 3.12. The van der Waals surface area contributed by atoms with E-state index in [0.717, 1.165) is 32.2 Å². The molecule has 0 N–H and O–H groups in total. The van der Waals surface area contributed by atoms with Crippen molar-refractivity contribution in [2.24, 2.45) is 5.92 Å². The number of nitrogens with zero attached hydrogens (tertiary/aromatic N) is 1. The Bertz CT molecular complexity index is 323. The van der Waals surface area contributed by atoms with Crippen molar-refractivity contribution in [1.82, 2.24) is 4.90 Å². The minimum atomic E-state index is -0.459. The van der Waals surface area contributed by atoms with Gasteiger partial charge in [-0.15, -0.1) is 0 Å². The van der Waals surface area contributed by atoms with Gasteiger partial charge < -0.3 is 14.2 Å². The van der Waals surface area contributed by atoms with Crippen LogP contribution in [0.15, 0.2) is 0 Å². The van der Waals surface area contributed by atoms with Crippen LogP contribution in [-0.4, -0.2) is 56.1 Å². The van der Waals surface area contributed by atoms with Gasteiger partial charge in [0.05, 0.1) is 26.9 Å². The summed E-state index contributed by atoms with van der Waals surface area (Å²) in [4.78, 5) is 14.2. The highest BCUT2D eigenvalue weighted by atomic mass is 16.7. The molecule has 2 saturated heterocycles. The van der Waals surface area contributed by atoms with Crippen LogP contribution in [0.3, 0.4) is 0 Å². The van der Waals surface area contributed by atoms with Crippen LogP contribution >= 0.6 is 0 Å². The predicted octanol–water partition coefficient (Wildman–Crippen LogP) is 0.777. The molecule has 102 valence electrons. The lowest BCUT2D eigenvalue weighted by Gasteiger charge is -2.41. The molecule has 18 heavy (non-hydrogen) atoms. The summed E-state index contributed by atoms with van der Waals surface area (Å²) in [6.45, 7) is 2.97. The van der Waals surface area contributed by atoms with Gasteiger partial charge in [0, 0.05) is 6.42 Å². The van der Waals surface area contributed by atoms with E-state index in [1.54, 1.807) is 0 Å². The summed E-state index contributed by atoms with van der Waals surface area (Å²) in [5.41, 5.74) is 0. The van der Waals surface area contributed by atoms with Gasteiger partial charge in [-0.05, 0) is 31.7 Å². The first-order valence-electron chi connectivity index (χ1n) is 6.84. The molecule has 0 aromatic carbocycles. The minimum Gasteiger partial charge on any atom is -0.468 e. The van der Waals surface area contributed by atoms with Crippen molar-refractivity contribution in [3.05, 3.63) is 0 Å². The normalized spacial score (nSPS) is 29.4. The molecular weight excluding hydrogens is 234 g/mol. The summed E-state index contributed by atoms with van der Waals surface area (Å²) >= 11 is 0. The fourth-order valence-electron chi connectivity index (χ4n) is 3.16. The van der Waals surface area contributed by atoms with Gasteiger partial charge in [-0.25, -0.2) is 0 Å². The van der Waals surface area contributed by atoms with Crippen molar-refractivity contribution in [1.29, 1.82) is 0 Å². The van der Waals surface area contributed by atoms with Gasteiger partial charge in [-0.3, -0.25) is 9.69 Å². The van der Waals surface area contributed by atoms with E-state index in [-0.39, 0.29) is 12.0 Å². The van der Waals surface area contributed by atoms with Gasteiger partial charge in [0.25, 0.3) is 0 Å². The Morgan fingerprint density at radius 3 is 2.72 bits per heavy atom. The molecule has 3 rings (SSSR count). The van der Waals surface area contributed by atoms with E-state index < -0.39 is 5.79 Å². The second kappa shape index (κ2) is 4.79. The predicted molar refractivity (Wildman–Crippen MR) is 64.0 cm³/mol. The number of esters is 1. The molecule has 1 aliphatic carbocycles. The van der Waals surface area contributed by atoms with E-state index in [4.69, 9.17) is 14.2 Å². The molecule has 5 nitrogen and oxygen atoms in total. The average molecular weight is 255 g/mol. The van der Waals surface area contributed by atoms with Crippen molar-refractivity contribution in [3.8, 4) is 0 Å². The van der Waals surface area contributed by atoms with E-state index in [1.165, 1.54) is 7.11 Å². The largest absolute Gasteiger partial charge is 0.468 e. The van der Waals surface area contributed by atoms with E-state index >= 15 is 0 Å². The van der Waals surface area contributed by atoms with Crippen molar-refractivity contribution in [2.45, 2.75) is 37.5 Å². The van der Waals surface area contributed by atoms with Crippen molar-refractivity contribution in [2.75, 3.05) is 33.4 Å². The van der Waals surface area contributed by atoms with Crippen LogP contribution in [0.5, 0.6) is 0 Å². The summed E-state index contributed by atoms with van der Waals surface area (Å²) in [5.74, 6) is -0.0964. The molecule has 0 aromatic rings. The Labute approximate surface area is 107 Å². The third kappa shape index (κ3) is 2.27. The standard InChI is InChI=1S/C13H21NO4/c1-16-12(15)11(10-3-4-10)14-6-2-5-13(9-14)17-7-8-18-13/h10-11H,2-9H2,1H3. The second-order valence-corrected chi connectivity index (χ2v) is 5.49. The first-order chi connectivity index (χ1) is 8.74. The van der Waals surface area contributed by atoms with Gasteiger partial charge in [0.2, 0.25) is 0 Å². The molecule has 1 spiro atoms. The first kappa shape index (κ1) is 12.4.